The number of fused-ring (bicyclic) bond motifs is 1. The zero-order valence-corrected chi connectivity index (χ0v) is 9.30. The molecule has 0 aliphatic heterocycles. The van der Waals surface area contributed by atoms with E-state index in [2.05, 4.69) is 51.1 Å². The minimum absolute atomic E-state index is 0.392. The van der Waals surface area contributed by atoms with Crippen LogP contribution in [0.25, 0.3) is 5.57 Å². The predicted octanol–water partition coefficient (Wildman–Crippen LogP) is 4.06. The molecule has 0 amide bonds. The molecule has 0 saturated heterocycles. The Hall–Kier alpha value is -1.04. The quantitative estimate of drug-likeness (QED) is 0.620. The van der Waals surface area contributed by atoms with E-state index in [1.165, 1.54) is 23.1 Å². The van der Waals surface area contributed by atoms with Crippen molar-refractivity contribution in [3.8, 4) is 0 Å². The van der Waals surface area contributed by atoms with Crippen LogP contribution in [0.3, 0.4) is 0 Å². The molecular weight excluding hydrogens is 168 g/mol. The highest BCUT2D eigenvalue weighted by atomic mass is 14.2. The van der Waals surface area contributed by atoms with E-state index in [4.69, 9.17) is 0 Å². The molecule has 14 heavy (non-hydrogen) atoms. The fourth-order valence-corrected chi connectivity index (χ4v) is 2.09. The molecule has 1 aromatic rings. The lowest BCUT2D eigenvalue weighted by Crippen LogP contribution is -2.05. The van der Waals surface area contributed by atoms with E-state index in [0.29, 0.717) is 5.41 Å². The van der Waals surface area contributed by atoms with Crippen molar-refractivity contribution in [3.05, 3.63) is 41.5 Å². The molecule has 0 spiro atoms. The molecule has 2 rings (SSSR count). The third-order valence-electron chi connectivity index (χ3n) is 2.65. The van der Waals surface area contributed by atoms with Crippen molar-refractivity contribution in [2.75, 3.05) is 0 Å². The van der Waals surface area contributed by atoms with Gasteiger partial charge in [0.2, 0.25) is 0 Å². The SMILES string of the molecule is CC(C)(C)CC1=CCc2ccccc21. The monoisotopic (exact) mass is 186 g/mol. The highest BCUT2D eigenvalue weighted by molar-refractivity contribution is 5.73. The van der Waals surface area contributed by atoms with E-state index in [1.54, 1.807) is 0 Å². The molecule has 1 aliphatic carbocycles. The lowest BCUT2D eigenvalue weighted by atomic mass is 9.86. The van der Waals surface area contributed by atoms with Crippen LogP contribution in [0.1, 0.15) is 38.3 Å². The van der Waals surface area contributed by atoms with Gasteiger partial charge in [-0.15, -0.1) is 0 Å². The van der Waals surface area contributed by atoms with Crippen LogP contribution in [0.15, 0.2) is 30.3 Å². The second-order valence-corrected chi connectivity index (χ2v) is 5.33. The minimum Gasteiger partial charge on any atom is -0.0763 e. The van der Waals surface area contributed by atoms with Gasteiger partial charge in [0.15, 0.2) is 0 Å². The molecular formula is C14H18. The standard InChI is InChI=1S/C14H18/c1-14(2,3)10-12-9-8-11-6-4-5-7-13(11)12/h4-7,9H,8,10H2,1-3H3. The molecule has 1 aliphatic rings. The van der Waals surface area contributed by atoms with Crippen LogP contribution in [0.2, 0.25) is 0 Å². The van der Waals surface area contributed by atoms with Gasteiger partial charge in [0.25, 0.3) is 0 Å². The first kappa shape index (κ1) is 9.51. The maximum Gasteiger partial charge on any atom is -0.00854 e. The molecule has 1 aromatic carbocycles. The number of hydrogen-bond donors (Lipinski definition) is 0. The van der Waals surface area contributed by atoms with E-state index in [9.17, 15) is 0 Å². The summed E-state index contributed by atoms with van der Waals surface area (Å²) in [5.74, 6) is 0. The molecule has 0 saturated carbocycles. The summed E-state index contributed by atoms with van der Waals surface area (Å²) in [6.45, 7) is 6.90. The maximum absolute atomic E-state index is 2.38. The summed E-state index contributed by atoms with van der Waals surface area (Å²) in [6, 6.07) is 8.76. The van der Waals surface area contributed by atoms with Gasteiger partial charge in [0, 0.05) is 0 Å². The van der Waals surface area contributed by atoms with E-state index in [0.717, 1.165) is 6.42 Å². The van der Waals surface area contributed by atoms with Gasteiger partial charge in [0.1, 0.15) is 0 Å². The highest BCUT2D eigenvalue weighted by Gasteiger charge is 2.19. The zero-order chi connectivity index (χ0) is 10.2. The summed E-state index contributed by atoms with van der Waals surface area (Å²) in [5.41, 5.74) is 4.89. The summed E-state index contributed by atoms with van der Waals surface area (Å²) in [6.07, 6.45) is 4.70. The second-order valence-electron chi connectivity index (χ2n) is 5.33. The maximum atomic E-state index is 2.38. The lowest BCUT2D eigenvalue weighted by molar-refractivity contribution is 0.427. The fourth-order valence-electron chi connectivity index (χ4n) is 2.09. The molecule has 0 radical (unpaired) electrons. The first-order valence-corrected chi connectivity index (χ1v) is 5.33. The molecule has 0 atom stereocenters. The van der Waals surface area contributed by atoms with Crippen LogP contribution >= 0.6 is 0 Å². The van der Waals surface area contributed by atoms with E-state index < -0.39 is 0 Å². The Morgan fingerprint density at radius 3 is 2.57 bits per heavy atom. The normalized spacial score (nSPS) is 15.2. The predicted molar refractivity (Wildman–Crippen MR) is 62.2 cm³/mol. The largest absolute Gasteiger partial charge is 0.0763 e. The molecule has 0 bridgehead atoms. The van der Waals surface area contributed by atoms with Gasteiger partial charge in [0.05, 0.1) is 0 Å². The molecule has 0 heterocycles. The van der Waals surface area contributed by atoms with E-state index in [-0.39, 0.29) is 0 Å². The molecule has 0 heteroatoms. The van der Waals surface area contributed by atoms with Gasteiger partial charge >= 0.3 is 0 Å². The van der Waals surface area contributed by atoms with Crippen LogP contribution in [0.5, 0.6) is 0 Å². The number of hydrogen-bond acceptors (Lipinski definition) is 0. The van der Waals surface area contributed by atoms with Crippen molar-refractivity contribution in [3.63, 3.8) is 0 Å². The van der Waals surface area contributed by atoms with Crippen molar-refractivity contribution in [2.24, 2.45) is 5.41 Å². The highest BCUT2D eigenvalue weighted by Crippen LogP contribution is 2.35. The Kier molecular flexibility index (Phi) is 2.22. The van der Waals surface area contributed by atoms with Crippen LogP contribution < -0.4 is 0 Å². The summed E-state index contributed by atoms with van der Waals surface area (Å²) in [7, 11) is 0. The second kappa shape index (κ2) is 3.27. The number of benzene rings is 1. The molecule has 0 nitrogen and oxygen atoms in total. The van der Waals surface area contributed by atoms with Crippen molar-refractivity contribution < 1.29 is 0 Å². The van der Waals surface area contributed by atoms with Gasteiger partial charge in [-0.25, -0.2) is 0 Å². The molecule has 74 valence electrons. The summed E-state index contributed by atoms with van der Waals surface area (Å²) in [5, 5.41) is 0. The first-order chi connectivity index (χ1) is 6.56. The average Bonchev–Trinajstić information content (AvgIpc) is 2.47. The summed E-state index contributed by atoms with van der Waals surface area (Å²) >= 11 is 0. The Morgan fingerprint density at radius 1 is 1.14 bits per heavy atom. The van der Waals surface area contributed by atoms with Gasteiger partial charge in [-0.2, -0.15) is 0 Å². The fraction of sp³-hybridized carbons (Fsp3) is 0.429. The van der Waals surface area contributed by atoms with Crippen LogP contribution in [0, 0.1) is 5.41 Å². The summed E-state index contributed by atoms with van der Waals surface area (Å²) < 4.78 is 0. The Morgan fingerprint density at radius 2 is 1.86 bits per heavy atom. The van der Waals surface area contributed by atoms with Gasteiger partial charge < -0.3 is 0 Å². The first-order valence-electron chi connectivity index (χ1n) is 5.33. The van der Waals surface area contributed by atoms with Crippen molar-refractivity contribution in [2.45, 2.75) is 33.6 Å². The number of rotatable bonds is 1. The molecule has 0 fully saturated rings. The lowest BCUT2D eigenvalue weighted by Gasteiger charge is -2.19. The van der Waals surface area contributed by atoms with Gasteiger partial charge in [-0.05, 0) is 35.0 Å². The minimum atomic E-state index is 0.392. The van der Waals surface area contributed by atoms with Crippen LogP contribution in [0.4, 0.5) is 0 Å². The third-order valence-corrected chi connectivity index (χ3v) is 2.65. The van der Waals surface area contributed by atoms with E-state index in [1.807, 2.05) is 0 Å². The third kappa shape index (κ3) is 1.89. The zero-order valence-electron chi connectivity index (χ0n) is 9.30. The summed E-state index contributed by atoms with van der Waals surface area (Å²) in [4.78, 5) is 0. The Balaban J connectivity index is 2.25. The van der Waals surface area contributed by atoms with Crippen molar-refractivity contribution >= 4 is 5.57 Å². The van der Waals surface area contributed by atoms with Gasteiger partial charge in [-0.1, -0.05) is 51.1 Å². The molecule has 0 aromatic heterocycles. The smallest absolute Gasteiger partial charge is 0.00854 e. The van der Waals surface area contributed by atoms with Crippen LogP contribution in [-0.2, 0) is 6.42 Å². The van der Waals surface area contributed by atoms with Crippen molar-refractivity contribution in [1.82, 2.24) is 0 Å². The Labute approximate surface area is 86.7 Å². The number of allylic oxidation sites excluding steroid dienone is 2. The van der Waals surface area contributed by atoms with Crippen molar-refractivity contribution in [1.29, 1.82) is 0 Å². The molecule has 0 N–H and O–H groups in total. The van der Waals surface area contributed by atoms with Crippen LogP contribution in [-0.4, -0.2) is 0 Å². The Bertz CT molecular complexity index is 364. The van der Waals surface area contributed by atoms with E-state index >= 15 is 0 Å². The van der Waals surface area contributed by atoms with Gasteiger partial charge in [-0.3, -0.25) is 0 Å². The average molecular weight is 186 g/mol. The molecule has 0 unspecified atom stereocenters. The topological polar surface area (TPSA) is 0 Å².